The molecule has 0 saturated carbocycles. The number of aliphatic imine (C=N–C) groups is 1. The van der Waals surface area contributed by atoms with Crippen LogP contribution in [0.1, 0.15) is 37.4 Å². The van der Waals surface area contributed by atoms with Gasteiger partial charge in [-0.2, -0.15) is 0 Å². The fourth-order valence-corrected chi connectivity index (χ4v) is 2.17. The molecule has 0 unspecified atom stereocenters. The molecule has 0 aliphatic heterocycles. The topological polar surface area (TPSA) is 50.4 Å². The van der Waals surface area contributed by atoms with Gasteiger partial charge in [-0.3, -0.25) is 0 Å². The molecule has 1 aromatic heterocycles. The van der Waals surface area contributed by atoms with E-state index in [1.165, 1.54) is 9.75 Å². The summed E-state index contributed by atoms with van der Waals surface area (Å²) in [6, 6.07) is 4.28. The first-order valence-corrected chi connectivity index (χ1v) is 6.38. The van der Waals surface area contributed by atoms with Gasteiger partial charge >= 0.3 is 0 Å². The zero-order chi connectivity index (χ0) is 12.2. The van der Waals surface area contributed by atoms with Crippen LogP contribution in [-0.2, 0) is 13.0 Å². The molecule has 0 amide bonds. The Kier molecular flexibility index (Phi) is 7.08. The van der Waals surface area contributed by atoms with Gasteiger partial charge in [0, 0.05) is 15.3 Å². The van der Waals surface area contributed by atoms with Crippen LogP contribution < -0.4 is 11.1 Å². The Morgan fingerprint density at radius 1 is 1.35 bits per heavy atom. The zero-order valence-electron chi connectivity index (χ0n) is 10.9. The Labute approximate surface area is 125 Å². The SMILES string of the molecule is CCc1ccc(CN=C(N)NC(C)(C)C)s1.I. The average Bonchev–Trinajstić information content (AvgIpc) is 2.59. The summed E-state index contributed by atoms with van der Waals surface area (Å²) >= 11 is 1.80. The van der Waals surface area contributed by atoms with Gasteiger partial charge in [-0.1, -0.05) is 6.92 Å². The normalized spacial score (nSPS) is 12.1. The number of halogens is 1. The van der Waals surface area contributed by atoms with E-state index < -0.39 is 0 Å². The molecule has 0 fully saturated rings. The van der Waals surface area contributed by atoms with E-state index in [9.17, 15) is 0 Å². The number of nitrogens with one attached hydrogen (secondary N) is 1. The van der Waals surface area contributed by atoms with Gasteiger partial charge in [-0.05, 0) is 39.3 Å². The third-order valence-electron chi connectivity index (χ3n) is 1.97. The number of hydrogen-bond donors (Lipinski definition) is 2. The summed E-state index contributed by atoms with van der Waals surface area (Å²) < 4.78 is 0. The molecule has 5 heteroatoms. The smallest absolute Gasteiger partial charge is 0.189 e. The number of aryl methyl sites for hydroxylation is 1. The monoisotopic (exact) mass is 367 g/mol. The van der Waals surface area contributed by atoms with Crippen LogP contribution in [0.15, 0.2) is 17.1 Å². The zero-order valence-corrected chi connectivity index (χ0v) is 14.1. The predicted octanol–water partition coefficient (Wildman–Crippen LogP) is 3.13. The van der Waals surface area contributed by atoms with Crippen LogP contribution in [0.4, 0.5) is 0 Å². The molecule has 0 saturated heterocycles. The first kappa shape index (κ1) is 16.7. The Bertz CT molecular complexity index is 366. The quantitative estimate of drug-likeness (QED) is 0.490. The second kappa shape index (κ2) is 7.20. The molecule has 0 aliphatic rings. The van der Waals surface area contributed by atoms with Crippen molar-refractivity contribution in [3.05, 3.63) is 21.9 Å². The van der Waals surface area contributed by atoms with Gasteiger partial charge in [-0.15, -0.1) is 35.3 Å². The molecule has 0 radical (unpaired) electrons. The van der Waals surface area contributed by atoms with Gasteiger partial charge in [0.25, 0.3) is 0 Å². The number of nitrogens with zero attached hydrogens (tertiary/aromatic N) is 1. The maximum atomic E-state index is 5.79. The summed E-state index contributed by atoms with van der Waals surface area (Å²) in [5.41, 5.74) is 5.76. The maximum absolute atomic E-state index is 5.79. The summed E-state index contributed by atoms with van der Waals surface area (Å²) in [4.78, 5) is 6.98. The van der Waals surface area contributed by atoms with E-state index in [0.717, 1.165) is 6.42 Å². The molecule has 98 valence electrons. The highest BCUT2D eigenvalue weighted by Crippen LogP contribution is 2.17. The van der Waals surface area contributed by atoms with Crippen LogP contribution in [0.3, 0.4) is 0 Å². The molecular weight excluding hydrogens is 345 g/mol. The van der Waals surface area contributed by atoms with Crippen molar-refractivity contribution in [1.82, 2.24) is 5.32 Å². The maximum Gasteiger partial charge on any atom is 0.189 e. The van der Waals surface area contributed by atoms with Crippen molar-refractivity contribution < 1.29 is 0 Å². The van der Waals surface area contributed by atoms with E-state index in [-0.39, 0.29) is 29.5 Å². The molecule has 1 heterocycles. The highest BCUT2D eigenvalue weighted by atomic mass is 127. The van der Waals surface area contributed by atoms with Crippen molar-refractivity contribution in [3.8, 4) is 0 Å². The number of nitrogens with two attached hydrogens (primary N) is 1. The van der Waals surface area contributed by atoms with Gasteiger partial charge in [0.2, 0.25) is 0 Å². The summed E-state index contributed by atoms with van der Waals surface area (Å²) in [7, 11) is 0. The molecule has 0 aromatic carbocycles. The first-order valence-electron chi connectivity index (χ1n) is 5.56. The molecule has 1 rings (SSSR count). The van der Waals surface area contributed by atoms with Crippen molar-refractivity contribution in [2.24, 2.45) is 10.7 Å². The Morgan fingerprint density at radius 3 is 2.41 bits per heavy atom. The molecule has 0 spiro atoms. The highest BCUT2D eigenvalue weighted by molar-refractivity contribution is 14.0. The summed E-state index contributed by atoms with van der Waals surface area (Å²) in [6.07, 6.45) is 1.09. The fourth-order valence-electron chi connectivity index (χ4n) is 1.28. The van der Waals surface area contributed by atoms with Crippen LogP contribution in [0.2, 0.25) is 0 Å². The third kappa shape index (κ3) is 6.88. The minimum atomic E-state index is -0.0301. The minimum Gasteiger partial charge on any atom is -0.370 e. The number of rotatable bonds is 3. The van der Waals surface area contributed by atoms with Crippen LogP contribution in [0, 0.1) is 0 Å². The molecule has 1 aromatic rings. The fraction of sp³-hybridized carbons (Fsp3) is 0.583. The van der Waals surface area contributed by atoms with Crippen LogP contribution in [0.25, 0.3) is 0 Å². The van der Waals surface area contributed by atoms with Crippen LogP contribution in [-0.4, -0.2) is 11.5 Å². The van der Waals surface area contributed by atoms with E-state index in [4.69, 9.17) is 5.73 Å². The van der Waals surface area contributed by atoms with Crippen LogP contribution >= 0.6 is 35.3 Å². The number of guanidine groups is 1. The van der Waals surface area contributed by atoms with Gasteiger partial charge in [0.05, 0.1) is 6.54 Å². The lowest BCUT2D eigenvalue weighted by atomic mass is 10.1. The summed E-state index contributed by atoms with van der Waals surface area (Å²) in [5, 5.41) is 3.14. The van der Waals surface area contributed by atoms with Crippen molar-refractivity contribution in [2.75, 3.05) is 0 Å². The molecular formula is C12H22IN3S. The lowest BCUT2D eigenvalue weighted by Gasteiger charge is -2.20. The van der Waals surface area contributed by atoms with E-state index in [1.54, 1.807) is 11.3 Å². The Balaban J connectivity index is 0.00000256. The second-order valence-corrected chi connectivity index (χ2v) is 6.05. The predicted molar refractivity (Wildman–Crippen MR) is 87.3 cm³/mol. The largest absolute Gasteiger partial charge is 0.370 e. The van der Waals surface area contributed by atoms with Crippen molar-refractivity contribution in [3.63, 3.8) is 0 Å². The van der Waals surface area contributed by atoms with Crippen LogP contribution in [0.5, 0.6) is 0 Å². The first-order chi connectivity index (χ1) is 7.40. The Morgan fingerprint density at radius 2 is 1.94 bits per heavy atom. The van der Waals surface area contributed by atoms with Gasteiger partial charge < -0.3 is 11.1 Å². The number of hydrogen-bond acceptors (Lipinski definition) is 2. The molecule has 0 atom stereocenters. The van der Waals surface area contributed by atoms with Crippen molar-refractivity contribution in [2.45, 2.75) is 46.2 Å². The minimum absolute atomic E-state index is 0. The van der Waals surface area contributed by atoms with E-state index in [1.807, 2.05) is 0 Å². The van der Waals surface area contributed by atoms with E-state index in [0.29, 0.717) is 12.5 Å². The van der Waals surface area contributed by atoms with Gasteiger partial charge in [0.15, 0.2) is 5.96 Å². The third-order valence-corrected chi connectivity index (χ3v) is 3.19. The van der Waals surface area contributed by atoms with Crippen molar-refractivity contribution in [1.29, 1.82) is 0 Å². The lowest BCUT2D eigenvalue weighted by molar-refractivity contribution is 0.508. The Hall–Kier alpha value is -0.300. The molecule has 3 N–H and O–H groups in total. The van der Waals surface area contributed by atoms with E-state index in [2.05, 4.69) is 50.1 Å². The number of thiophene rings is 1. The van der Waals surface area contributed by atoms with E-state index >= 15 is 0 Å². The summed E-state index contributed by atoms with van der Waals surface area (Å²) in [5.74, 6) is 0.513. The summed E-state index contributed by atoms with van der Waals surface area (Å²) in [6.45, 7) is 9.02. The molecule has 17 heavy (non-hydrogen) atoms. The van der Waals surface area contributed by atoms with Gasteiger partial charge in [0.1, 0.15) is 0 Å². The molecule has 0 bridgehead atoms. The molecule has 0 aliphatic carbocycles. The average molecular weight is 367 g/mol. The van der Waals surface area contributed by atoms with Gasteiger partial charge in [-0.25, -0.2) is 4.99 Å². The van der Waals surface area contributed by atoms with Crippen molar-refractivity contribution >= 4 is 41.3 Å². The highest BCUT2D eigenvalue weighted by Gasteiger charge is 2.09. The molecule has 3 nitrogen and oxygen atoms in total. The lowest BCUT2D eigenvalue weighted by Crippen LogP contribution is -2.44. The second-order valence-electron chi connectivity index (χ2n) is 4.80. The standard InChI is InChI=1S/C12H21N3S.HI/c1-5-9-6-7-10(16-9)8-14-11(13)15-12(2,3)4;/h6-7H,5,8H2,1-4H3,(H3,13,14,15);1H.